The zero-order chi connectivity index (χ0) is 18.0. The van der Waals surface area contributed by atoms with Gasteiger partial charge in [-0.05, 0) is 54.6 Å². The van der Waals surface area contributed by atoms with Crippen LogP contribution in [0.1, 0.15) is 22.9 Å². The topological polar surface area (TPSA) is 30.5 Å². The lowest BCUT2D eigenvalue weighted by Gasteiger charge is -2.13. The zero-order valence-corrected chi connectivity index (χ0v) is 15.9. The van der Waals surface area contributed by atoms with Crippen LogP contribution in [0.25, 0.3) is 0 Å². The number of thiophene rings is 1. The van der Waals surface area contributed by atoms with E-state index in [2.05, 4.69) is 53.2 Å². The van der Waals surface area contributed by atoms with Gasteiger partial charge < -0.3 is 14.8 Å². The van der Waals surface area contributed by atoms with E-state index >= 15 is 0 Å². The van der Waals surface area contributed by atoms with Crippen LogP contribution in [0.3, 0.4) is 0 Å². The number of rotatable bonds is 10. The lowest BCUT2D eigenvalue weighted by atomic mass is 10.1. The normalized spacial score (nSPS) is 10.7. The molecule has 0 radical (unpaired) electrons. The Morgan fingerprint density at radius 2 is 1.77 bits per heavy atom. The van der Waals surface area contributed by atoms with Gasteiger partial charge in [-0.3, -0.25) is 0 Å². The fraction of sp³-hybridized carbons (Fsp3) is 0.273. The van der Waals surface area contributed by atoms with Crippen LogP contribution in [0.4, 0.5) is 0 Å². The van der Waals surface area contributed by atoms with Crippen LogP contribution in [0.15, 0.2) is 66.0 Å². The summed E-state index contributed by atoms with van der Waals surface area (Å²) in [6, 6.07) is 20.8. The second-order valence-electron chi connectivity index (χ2n) is 5.99. The van der Waals surface area contributed by atoms with Gasteiger partial charge in [-0.25, -0.2) is 0 Å². The molecule has 136 valence electrons. The summed E-state index contributed by atoms with van der Waals surface area (Å²) in [6.07, 6.45) is 1.03. The summed E-state index contributed by atoms with van der Waals surface area (Å²) in [7, 11) is 0. The molecule has 0 unspecified atom stereocenters. The Bertz CT molecular complexity index is 772. The molecule has 0 aliphatic rings. The molecule has 1 N–H and O–H groups in total. The summed E-state index contributed by atoms with van der Waals surface area (Å²) in [6.45, 7) is 4.96. The molecule has 4 heteroatoms. The first kappa shape index (κ1) is 18.5. The third-order valence-corrected chi connectivity index (χ3v) is 4.87. The van der Waals surface area contributed by atoms with Crippen molar-refractivity contribution in [2.24, 2.45) is 0 Å². The smallest absolute Gasteiger partial charge is 0.161 e. The molecule has 0 spiro atoms. The molecular weight excluding hydrogens is 342 g/mol. The number of nitrogens with one attached hydrogen (secondary N) is 1. The van der Waals surface area contributed by atoms with E-state index in [1.165, 1.54) is 16.0 Å². The summed E-state index contributed by atoms with van der Waals surface area (Å²) in [5, 5.41) is 5.56. The molecule has 3 rings (SSSR count). The lowest BCUT2D eigenvalue weighted by molar-refractivity contribution is 0.271. The zero-order valence-electron chi connectivity index (χ0n) is 15.1. The summed E-state index contributed by atoms with van der Waals surface area (Å²) in [4.78, 5) is 1.21. The van der Waals surface area contributed by atoms with Crippen LogP contribution < -0.4 is 14.8 Å². The molecule has 2 aromatic carbocycles. The van der Waals surface area contributed by atoms with Crippen molar-refractivity contribution in [3.8, 4) is 11.5 Å². The summed E-state index contributed by atoms with van der Waals surface area (Å²) < 4.78 is 11.7. The molecule has 26 heavy (non-hydrogen) atoms. The first-order valence-electron chi connectivity index (χ1n) is 9.00. The van der Waals surface area contributed by atoms with Gasteiger partial charge in [0, 0.05) is 11.4 Å². The molecule has 0 saturated heterocycles. The van der Waals surface area contributed by atoms with Gasteiger partial charge in [-0.15, -0.1) is 11.3 Å². The first-order chi connectivity index (χ1) is 12.8. The monoisotopic (exact) mass is 367 g/mol. The van der Waals surface area contributed by atoms with Crippen LogP contribution in [0.2, 0.25) is 0 Å². The predicted octanol–water partition coefficient (Wildman–Crippen LogP) is 5.06. The predicted molar refractivity (Wildman–Crippen MR) is 108 cm³/mol. The molecule has 3 aromatic rings. The average molecular weight is 368 g/mol. The Balaban J connectivity index is 1.53. The molecule has 0 fully saturated rings. The highest BCUT2D eigenvalue weighted by Gasteiger charge is 2.07. The van der Waals surface area contributed by atoms with Crippen molar-refractivity contribution in [3.63, 3.8) is 0 Å². The molecule has 3 nitrogen and oxygen atoms in total. The van der Waals surface area contributed by atoms with E-state index in [9.17, 15) is 0 Å². The van der Waals surface area contributed by atoms with Crippen molar-refractivity contribution < 1.29 is 9.47 Å². The molecule has 0 aliphatic heterocycles. The minimum Gasteiger partial charge on any atom is -0.490 e. The number of hydrogen-bond donors (Lipinski definition) is 1. The largest absolute Gasteiger partial charge is 0.490 e. The van der Waals surface area contributed by atoms with E-state index in [0.717, 1.165) is 31.0 Å². The molecule has 0 bridgehead atoms. The second kappa shape index (κ2) is 10.00. The maximum Gasteiger partial charge on any atom is 0.161 e. The molecular formula is C22H25NO2S. The fourth-order valence-corrected chi connectivity index (χ4v) is 3.32. The third kappa shape index (κ3) is 5.61. The van der Waals surface area contributed by atoms with E-state index in [1.54, 1.807) is 11.3 Å². The number of ether oxygens (including phenoxy) is 2. The van der Waals surface area contributed by atoms with Crippen LogP contribution in [0, 0.1) is 0 Å². The number of hydrogen-bond acceptors (Lipinski definition) is 4. The molecule has 0 atom stereocenters. The van der Waals surface area contributed by atoms with Crippen LogP contribution >= 0.6 is 11.3 Å². The quantitative estimate of drug-likeness (QED) is 0.508. The Morgan fingerprint density at radius 1 is 0.885 bits per heavy atom. The maximum atomic E-state index is 5.94. The highest BCUT2D eigenvalue weighted by molar-refractivity contribution is 7.09. The fourth-order valence-electron chi connectivity index (χ4n) is 2.70. The Kier molecular flexibility index (Phi) is 7.11. The molecule has 0 aliphatic carbocycles. The van der Waals surface area contributed by atoms with E-state index in [0.29, 0.717) is 13.2 Å². The average Bonchev–Trinajstić information content (AvgIpc) is 3.19. The Hall–Kier alpha value is -2.30. The van der Waals surface area contributed by atoms with Gasteiger partial charge in [0.15, 0.2) is 11.5 Å². The summed E-state index contributed by atoms with van der Waals surface area (Å²) in [5.41, 5.74) is 2.55. The Labute approximate surface area is 159 Å². The van der Waals surface area contributed by atoms with E-state index in [4.69, 9.17) is 9.47 Å². The van der Waals surface area contributed by atoms with Crippen LogP contribution in [-0.2, 0) is 19.6 Å². The lowest BCUT2D eigenvalue weighted by Crippen LogP contribution is -2.16. The van der Waals surface area contributed by atoms with Crippen molar-refractivity contribution in [3.05, 3.63) is 82.0 Å². The van der Waals surface area contributed by atoms with Gasteiger partial charge in [0.2, 0.25) is 0 Å². The standard InChI is InChI=1S/C22H25NO2S/c1-2-24-22-15-19(16-23-13-12-18-7-4-3-5-8-18)10-11-21(22)25-17-20-9-6-14-26-20/h3-11,14-15,23H,2,12-13,16-17H2,1H3. The van der Waals surface area contributed by atoms with Gasteiger partial charge in [-0.2, -0.15) is 0 Å². The van der Waals surface area contributed by atoms with Crippen molar-refractivity contribution in [1.82, 2.24) is 5.32 Å². The maximum absolute atomic E-state index is 5.94. The highest BCUT2D eigenvalue weighted by Crippen LogP contribution is 2.29. The molecule has 0 saturated carbocycles. The van der Waals surface area contributed by atoms with Gasteiger partial charge >= 0.3 is 0 Å². The van der Waals surface area contributed by atoms with Gasteiger partial charge in [0.25, 0.3) is 0 Å². The minimum atomic E-state index is 0.576. The van der Waals surface area contributed by atoms with Gasteiger partial charge in [0.1, 0.15) is 6.61 Å². The second-order valence-corrected chi connectivity index (χ2v) is 7.03. The van der Waals surface area contributed by atoms with Crippen molar-refractivity contribution in [2.45, 2.75) is 26.5 Å². The number of benzene rings is 2. The summed E-state index contributed by atoms with van der Waals surface area (Å²) >= 11 is 1.70. The first-order valence-corrected chi connectivity index (χ1v) is 9.88. The van der Waals surface area contributed by atoms with Gasteiger partial charge in [-0.1, -0.05) is 42.5 Å². The minimum absolute atomic E-state index is 0.576. The van der Waals surface area contributed by atoms with Crippen molar-refractivity contribution in [2.75, 3.05) is 13.2 Å². The SMILES string of the molecule is CCOc1cc(CNCCc2ccccc2)ccc1OCc1cccs1. The van der Waals surface area contributed by atoms with Crippen molar-refractivity contribution in [1.29, 1.82) is 0 Å². The third-order valence-electron chi connectivity index (χ3n) is 4.02. The van der Waals surface area contributed by atoms with E-state index in [-0.39, 0.29) is 0 Å². The highest BCUT2D eigenvalue weighted by atomic mass is 32.1. The van der Waals surface area contributed by atoms with E-state index < -0.39 is 0 Å². The summed E-state index contributed by atoms with van der Waals surface area (Å²) in [5.74, 6) is 1.61. The van der Waals surface area contributed by atoms with Crippen LogP contribution in [-0.4, -0.2) is 13.2 Å². The molecule has 0 amide bonds. The van der Waals surface area contributed by atoms with Crippen molar-refractivity contribution >= 4 is 11.3 Å². The molecule has 1 heterocycles. The van der Waals surface area contributed by atoms with E-state index in [1.807, 2.05) is 25.1 Å². The van der Waals surface area contributed by atoms with Gasteiger partial charge in [0.05, 0.1) is 6.61 Å². The Morgan fingerprint density at radius 3 is 2.54 bits per heavy atom. The van der Waals surface area contributed by atoms with Crippen LogP contribution in [0.5, 0.6) is 11.5 Å². The molecule has 1 aromatic heterocycles.